The number of benzene rings is 2. The molecule has 2 aromatic rings. The Morgan fingerprint density at radius 1 is 0.744 bits per heavy atom. The zero-order valence-corrected chi connectivity index (χ0v) is 23.5. The normalized spacial score (nSPS) is 20.2. The van der Waals surface area contributed by atoms with Crippen molar-refractivity contribution in [3.8, 4) is 11.5 Å². The minimum absolute atomic E-state index is 0.0301. The number of ether oxygens (including phenoxy) is 2. The molecule has 0 unspecified atom stereocenters. The van der Waals surface area contributed by atoms with Gasteiger partial charge in [0.1, 0.15) is 11.5 Å². The van der Waals surface area contributed by atoms with Gasteiger partial charge in [-0.25, -0.2) is 0 Å². The highest BCUT2D eigenvalue weighted by Gasteiger charge is 2.34. The van der Waals surface area contributed by atoms with E-state index in [0.717, 1.165) is 84.2 Å². The zero-order valence-electron chi connectivity index (χ0n) is 23.5. The van der Waals surface area contributed by atoms with E-state index in [-0.39, 0.29) is 11.8 Å². The third kappa shape index (κ3) is 6.75. The van der Waals surface area contributed by atoms with Gasteiger partial charge in [-0.2, -0.15) is 0 Å². The summed E-state index contributed by atoms with van der Waals surface area (Å²) in [5, 5.41) is 0. The van der Waals surface area contributed by atoms with Crippen molar-refractivity contribution in [2.45, 2.75) is 51.0 Å². The molecule has 0 aliphatic carbocycles. The van der Waals surface area contributed by atoms with Crippen molar-refractivity contribution < 1.29 is 19.1 Å². The Hall–Kier alpha value is -3.06. The Morgan fingerprint density at radius 3 is 1.92 bits per heavy atom. The van der Waals surface area contributed by atoms with Crippen LogP contribution in [0.25, 0.3) is 0 Å². The number of piperidine rings is 3. The molecule has 3 saturated heterocycles. The van der Waals surface area contributed by atoms with Crippen LogP contribution in [0, 0.1) is 11.8 Å². The van der Waals surface area contributed by atoms with Gasteiger partial charge >= 0.3 is 0 Å². The summed E-state index contributed by atoms with van der Waals surface area (Å²) in [4.78, 5) is 33.1. The van der Waals surface area contributed by atoms with Crippen molar-refractivity contribution >= 4 is 11.8 Å². The molecule has 0 N–H and O–H groups in total. The zero-order chi connectivity index (χ0) is 27.2. The van der Waals surface area contributed by atoms with E-state index >= 15 is 0 Å². The molecule has 0 bridgehead atoms. The number of likely N-dealkylation sites (tertiary alicyclic amines) is 3. The molecule has 2 aromatic carbocycles. The van der Waals surface area contributed by atoms with Crippen molar-refractivity contribution in [1.82, 2.24) is 14.7 Å². The minimum atomic E-state index is 0.0301. The SMILES string of the molecule is COc1cc(OC)cc(C(=O)N2CCC(N3CCC(C(=O)N4CCC(Cc5ccccc5)CC4)CC3)CC2)c1. The van der Waals surface area contributed by atoms with E-state index in [1.54, 1.807) is 32.4 Å². The summed E-state index contributed by atoms with van der Waals surface area (Å²) < 4.78 is 10.7. The van der Waals surface area contributed by atoms with Crippen LogP contribution in [0.3, 0.4) is 0 Å². The van der Waals surface area contributed by atoms with Crippen molar-refractivity contribution in [2.24, 2.45) is 11.8 Å². The quantitative estimate of drug-likeness (QED) is 0.525. The van der Waals surface area contributed by atoms with Crippen molar-refractivity contribution in [1.29, 1.82) is 0 Å². The molecule has 7 nitrogen and oxygen atoms in total. The molecule has 0 radical (unpaired) electrons. The molecule has 3 heterocycles. The van der Waals surface area contributed by atoms with Gasteiger partial charge in [-0.15, -0.1) is 0 Å². The fourth-order valence-corrected chi connectivity index (χ4v) is 6.62. The van der Waals surface area contributed by atoms with E-state index in [1.165, 1.54) is 5.56 Å². The van der Waals surface area contributed by atoms with Gasteiger partial charge in [0.15, 0.2) is 0 Å². The smallest absolute Gasteiger partial charge is 0.254 e. The fourth-order valence-electron chi connectivity index (χ4n) is 6.62. The largest absolute Gasteiger partial charge is 0.497 e. The lowest BCUT2D eigenvalue weighted by Gasteiger charge is -2.42. The lowest BCUT2D eigenvalue weighted by Crippen LogP contribution is -2.51. The summed E-state index contributed by atoms with van der Waals surface area (Å²) >= 11 is 0. The van der Waals surface area contributed by atoms with Gasteiger partial charge in [0.05, 0.1) is 14.2 Å². The lowest BCUT2D eigenvalue weighted by atomic mass is 9.88. The first-order valence-electron chi connectivity index (χ1n) is 14.6. The summed E-state index contributed by atoms with van der Waals surface area (Å²) in [6.45, 7) is 5.27. The molecule has 0 atom stereocenters. The topological polar surface area (TPSA) is 62.3 Å². The average molecular weight is 534 g/mol. The van der Waals surface area contributed by atoms with Crippen LogP contribution >= 0.6 is 0 Å². The van der Waals surface area contributed by atoms with Gasteiger partial charge in [0, 0.05) is 49.8 Å². The molecule has 5 rings (SSSR count). The second kappa shape index (κ2) is 12.9. The van der Waals surface area contributed by atoms with Gasteiger partial charge in [-0.05, 0) is 81.6 Å². The molecule has 3 aliphatic heterocycles. The first-order chi connectivity index (χ1) is 19.0. The standard InChI is InChI=1S/C32H43N3O4/c1-38-29-21-27(22-30(23-29)39-2)32(37)35-18-12-28(13-19-35)33-16-10-26(11-17-33)31(36)34-14-8-25(9-15-34)20-24-6-4-3-5-7-24/h3-7,21-23,25-26,28H,8-20H2,1-2H3. The van der Waals surface area contributed by atoms with Crippen LogP contribution in [0.15, 0.2) is 48.5 Å². The molecule has 210 valence electrons. The minimum Gasteiger partial charge on any atom is -0.497 e. The Morgan fingerprint density at radius 2 is 1.33 bits per heavy atom. The van der Waals surface area contributed by atoms with Crippen LogP contribution < -0.4 is 9.47 Å². The highest BCUT2D eigenvalue weighted by Crippen LogP contribution is 2.29. The number of amides is 2. The Labute approximate surface area is 233 Å². The van der Waals surface area contributed by atoms with Gasteiger partial charge in [-0.3, -0.25) is 9.59 Å². The second-order valence-electron chi connectivity index (χ2n) is 11.4. The molecular formula is C32H43N3O4. The fraction of sp³-hybridized carbons (Fsp3) is 0.562. The van der Waals surface area contributed by atoms with Crippen molar-refractivity contribution in [3.63, 3.8) is 0 Å². The number of carbonyl (C=O) groups is 2. The molecule has 0 spiro atoms. The van der Waals surface area contributed by atoms with E-state index in [0.29, 0.717) is 34.9 Å². The number of carbonyl (C=O) groups excluding carboxylic acids is 2. The van der Waals surface area contributed by atoms with Crippen LogP contribution in [0.5, 0.6) is 11.5 Å². The maximum atomic E-state index is 13.3. The van der Waals surface area contributed by atoms with E-state index in [1.807, 2.05) is 4.90 Å². The molecule has 3 fully saturated rings. The highest BCUT2D eigenvalue weighted by atomic mass is 16.5. The Balaban J connectivity index is 1.05. The summed E-state index contributed by atoms with van der Waals surface area (Å²) in [5.74, 6) is 2.51. The van der Waals surface area contributed by atoms with E-state index < -0.39 is 0 Å². The van der Waals surface area contributed by atoms with Crippen molar-refractivity contribution in [2.75, 3.05) is 53.5 Å². The molecule has 7 heteroatoms. The van der Waals surface area contributed by atoms with E-state index in [9.17, 15) is 9.59 Å². The van der Waals surface area contributed by atoms with Gasteiger partial charge < -0.3 is 24.2 Å². The van der Waals surface area contributed by atoms with E-state index in [2.05, 4.69) is 40.1 Å². The van der Waals surface area contributed by atoms with Crippen LogP contribution in [-0.2, 0) is 11.2 Å². The summed E-state index contributed by atoms with van der Waals surface area (Å²) in [6, 6.07) is 16.6. The van der Waals surface area contributed by atoms with Crippen molar-refractivity contribution in [3.05, 3.63) is 59.7 Å². The van der Waals surface area contributed by atoms with Gasteiger partial charge in [0.25, 0.3) is 5.91 Å². The highest BCUT2D eigenvalue weighted by molar-refractivity contribution is 5.95. The number of rotatable bonds is 7. The molecule has 39 heavy (non-hydrogen) atoms. The van der Waals surface area contributed by atoms with Crippen LogP contribution in [0.4, 0.5) is 0 Å². The summed E-state index contributed by atoms with van der Waals surface area (Å²) in [7, 11) is 3.20. The average Bonchev–Trinajstić information content (AvgIpc) is 3.01. The first kappa shape index (κ1) is 27.5. The molecule has 3 aliphatic rings. The Bertz CT molecular complexity index is 1080. The van der Waals surface area contributed by atoms with E-state index in [4.69, 9.17) is 9.47 Å². The number of methoxy groups -OCH3 is 2. The molecular weight excluding hydrogens is 490 g/mol. The summed E-state index contributed by atoms with van der Waals surface area (Å²) in [5.41, 5.74) is 2.01. The first-order valence-corrected chi connectivity index (χ1v) is 14.6. The number of hydrogen-bond acceptors (Lipinski definition) is 5. The van der Waals surface area contributed by atoms with Gasteiger partial charge in [-0.1, -0.05) is 30.3 Å². The third-order valence-corrected chi connectivity index (χ3v) is 9.04. The molecule has 0 saturated carbocycles. The lowest BCUT2D eigenvalue weighted by molar-refractivity contribution is -0.138. The maximum Gasteiger partial charge on any atom is 0.254 e. The van der Waals surface area contributed by atoms with Crippen LogP contribution in [0.1, 0.15) is 54.4 Å². The number of nitrogens with zero attached hydrogens (tertiary/aromatic N) is 3. The second-order valence-corrected chi connectivity index (χ2v) is 11.4. The van der Waals surface area contributed by atoms with Crippen LogP contribution in [0.2, 0.25) is 0 Å². The monoisotopic (exact) mass is 533 g/mol. The molecule has 2 amide bonds. The summed E-state index contributed by atoms with van der Waals surface area (Å²) in [6.07, 6.45) is 7.19. The molecule has 0 aromatic heterocycles. The van der Waals surface area contributed by atoms with Gasteiger partial charge in [0.2, 0.25) is 5.91 Å². The maximum absolute atomic E-state index is 13.3. The number of hydrogen-bond donors (Lipinski definition) is 0. The Kier molecular flexibility index (Phi) is 9.07. The predicted molar refractivity (Wildman–Crippen MR) is 152 cm³/mol. The predicted octanol–water partition coefficient (Wildman–Crippen LogP) is 4.50. The third-order valence-electron chi connectivity index (χ3n) is 9.04. The van der Waals surface area contributed by atoms with Crippen LogP contribution in [-0.4, -0.2) is 86.0 Å².